The molecule has 1 N–H and O–H groups in total. The molecule has 0 aliphatic carbocycles. The predicted molar refractivity (Wildman–Crippen MR) is 70.5 cm³/mol. The molecule has 5 nitrogen and oxygen atoms in total. The van der Waals surface area contributed by atoms with Gasteiger partial charge >= 0.3 is 6.18 Å². The van der Waals surface area contributed by atoms with E-state index in [0.29, 0.717) is 0 Å². The highest BCUT2D eigenvalue weighted by atomic mass is 35.5. The Labute approximate surface area is 123 Å². The summed E-state index contributed by atoms with van der Waals surface area (Å²) in [5.41, 5.74) is -1.69. The topological polar surface area (TPSA) is 64.0 Å². The third-order valence-electron chi connectivity index (χ3n) is 2.57. The first-order valence-corrected chi connectivity index (χ1v) is 7.35. The van der Waals surface area contributed by atoms with E-state index >= 15 is 0 Å². The number of alkyl halides is 3. The lowest BCUT2D eigenvalue weighted by Crippen LogP contribution is -2.17. The van der Waals surface area contributed by atoms with Crippen LogP contribution in [-0.4, -0.2) is 18.0 Å². The summed E-state index contributed by atoms with van der Waals surface area (Å²) < 4.78 is 65.7. The molecule has 2 aromatic rings. The van der Waals surface area contributed by atoms with E-state index in [9.17, 15) is 21.6 Å². The molecule has 0 spiro atoms. The summed E-state index contributed by atoms with van der Waals surface area (Å²) in [5, 5.41) is -0.740. The number of nitrogens with zero attached hydrogens (tertiary/aromatic N) is 2. The average molecular weight is 340 g/mol. The third kappa shape index (κ3) is 3.13. The number of halogens is 4. The molecule has 0 atom stereocenters. The second-order valence-electron chi connectivity index (χ2n) is 4.10. The van der Waals surface area contributed by atoms with Gasteiger partial charge in [-0.3, -0.25) is 4.72 Å². The Hall–Kier alpha value is -1.74. The van der Waals surface area contributed by atoms with E-state index in [1.54, 1.807) is 0 Å². The SMILES string of the molecule is Cn1cnc(S(=O)(=O)Nc2ccccc2C(F)(F)F)c1Cl. The van der Waals surface area contributed by atoms with Crippen molar-refractivity contribution in [1.82, 2.24) is 9.55 Å². The van der Waals surface area contributed by atoms with E-state index in [4.69, 9.17) is 11.6 Å². The highest BCUT2D eigenvalue weighted by Crippen LogP contribution is 2.35. The minimum Gasteiger partial charge on any atom is -0.324 e. The maximum Gasteiger partial charge on any atom is 0.418 e. The van der Waals surface area contributed by atoms with Crippen molar-refractivity contribution in [2.24, 2.45) is 7.05 Å². The first-order valence-electron chi connectivity index (χ1n) is 5.49. The first kappa shape index (κ1) is 15.6. The van der Waals surface area contributed by atoms with Crippen molar-refractivity contribution in [3.05, 3.63) is 41.3 Å². The Morgan fingerprint density at radius 1 is 1.29 bits per heavy atom. The van der Waals surface area contributed by atoms with Crippen molar-refractivity contribution in [2.45, 2.75) is 11.2 Å². The van der Waals surface area contributed by atoms with Gasteiger partial charge in [-0.05, 0) is 12.1 Å². The highest BCUT2D eigenvalue weighted by Gasteiger charge is 2.35. The Balaban J connectivity index is 2.45. The summed E-state index contributed by atoms with van der Waals surface area (Å²) in [4.78, 5) is 3.57. The quantitative estimate of drug-likeness (QED) is 0.935. The van der Waals surface area contributed by atoms with Gasteiger partial charge in [0.2, 0.25) is 5.03 Å². The Morgan fingerprint density at radius 3 is 2.43 bits per heavy atom. The number of para-hydroxylation sites is 1. The van der Waals surface area contributed by atoms with Crippen LogP contribution in [0.5, 0.6) is 0 Å². The van der Waals surface area contributed by atoms with Crippen molar-refractivity contribution in [3.63, 3.8) is 0 Å². The maximum absolute atomic E-state index is 12.8. The van der Waals surface area contributed by atoms with Gasteiger partial charge in [0.1, 0.15) is 5.15 Å². The molecule has 0 fully saturated rings. The fourth-order valence-corrected chi connectivity index (χ4v) is 3.10. The summed E-state index contributed by atoms with van der Waals surface area (Å²) in [5.74, 6) is 0. The summed E-state index contributed by atoms with van der Waals surface area (Å²) in [7, 11) is -2.86. The molecule has 21 heavy (non-hydrogen) atoms. The monoisotopic (exact) mass is 339 g/mol. The number of sulfonamides is 1. The van der Waals surface area contributed by atoms with Gasteiger partial charge in [0, 0.05) is 7.05 Å². The Bertz CT molecular complexity index is 771. The lowest BCUT2D eigenvalue weighted by Gasteiger charge is -2.13. The minimum atomic E-state index is -4.69. The summed E-state index contributed by atoms with van der Waals surface area (Å²) in [6.07, 6.45) is -3.54. The van der Waals surface area contributed by atoms with Crippen LogP contribution >= 0.6 is 11.6 Å². The van der Waals surface area contributed by atoms with Crippen LogP contribution in [0.4, 0.5) is 18.9 Å². The summed E-state index contributed by atoms with van der Waals surface area (Å²) in [6, 6.07) is 4.23. The second-order valence-corrected chi connectivity index (χ2v) is 6.06. The van der Waals surface area contributed by atoms with Gasteiger partial charge in [-0.1, -0.05) is 23.7 Å². The third-order valence-corrected chi connectivity index (χ3v) is 4.42. The van der Waals surface area contributed by atoms with Crippen LogP contribution in [0.15, 0.2) is 35.6 Å². The lowest BCUT2D eigenvalue weighted by molar-refractivity contribution is -0.136. The number of aromatic nitrogens is 2. The average Bonchev–Trinajstić information content (AvgIpc) is 2.69. The molecule has 1 heterocycles. The molecule has 114 valence electrons. The zero-order chi connectivity index (χ0) is 15.8. The molecule has 0 saturated heterocycles. The molecule has 2 rings (SSSR count). The number of nitrogens with one attached hydrogen (secondary N) is 1. The molecule has 0 unspecified atom stereocenters. The second kappa shape index (κ2) is 5.23. The van der Waals surface area contributed by atoms with Crippen LogP contribution in [0.3, 0.4) is 0 Å². The fraction of sp³-hybridized carbons (Fsp3) is 0.182. The van der Waals surface area contributed by atoms with Crippen LogP contribution in [0.2, 0.25) is 5.15 Å². The van der Waals surface area contributed by atoms with Crippen LogP contribution in [0.25, 0.3) is 0 Å². The van der Waals surface area contributed by atoms with Gasteiger partial charge in [0.05, 0.1) is 17.6 Å². The smallest absolute Gasteiger partial charge is 0.324 e. The normalized spacial score (nSPS) is 12.4. The number of anilines is 1. The minimum absolute atomic E-state index is 0.202. The van der Waals surface area contributed by atoms with Gasteiger partial charge in [0.15, 0.2) is 0 Å². The molecule has 0 aliphatic heterocycles. The molecule has 1 aromatic heterocycles. The van der Waals surface area contributed by atoms with E-state index < -0.39 is 32.5 Å². The van der Waals surface area contributed by atoms with Crippen molar-refractivity contribution in [2.75, 3.05) is 4.72 Å². The highest BCUT2D eigenvalue weighted by molar-refractivity contribution is 7.92. The van der Waals surface area contributed by atoms with Gasteiger partial charge in [-0.2, -0.15) is 21.6 Å². The van der Waals surface area contributed by atoms with Gasteiger partial charge in [-0.25, -0.2) is 4.98 Å². The first-order chi connectivity index (χ1) is 9.63. The van der Waals surface area contributed by atoms with Crippen LogP contribution in [0, 0.1) is 0 Å². The number of imidazole rings is 1. The molecular formula is C11H9ClF3N3O2S. The molecule has 10 heteroatoms. The van der Waals surface area contributed by atoms with Crippen LogP contribution in [0.1, 0.15) is 5.56 Å². The summed E-state index contributed by atoms with van der Waals surface area (Å²) in [6.45, 7) is 0. The molecule has 0 bridgehead atoms. The molecule has 0 radical (unpaired) electrons. The molecule has 1 aromatic carbocycles. The van der Waals surface area contributed by atoms with Crippen LogP contribution in [-0.2, 0) is 23.2 Å². The van der Waals surface area contributed by atoms with Crippen LogP contribution < -0.4 is 4.72 Å². The molecule has 0 aliphatic rings. The lowest BCUT2D eigenvalue weighted by atomic mass is 10.2. The Kier molecular flexibility index (Phi) is 3.89. The van der Waals surface area contributed by atoms with Gasteiger partial charge < -0.3 is 4.57 Å². The zero-order valence-corrected chi connectivity index (χ0v) is 12.1. The van der Waals surface area contributed by atoms with E-state index in [1.807, 2.05) is 4.72 Å². The maximum atomic E-state index is 12.8. The van der Waals surface area contributed by atoms with E-state index in [0.717, 1.165) is 24.5 Å². The molecular weight excluding hydrogens is 331 g/mol. The van der Waals surface area contributed by atoms with Gasteiger partial charge in [-0.15, -0.1) is 0 Å². The van der Waals surface area contributed by atoms with Crippen molar-refractivity contribution >= 4 is 27.3 Å². The van der Waals surface area contributed by atoms with E-state index in [2.05, 4.69) is 4.98 Å². The fourth-order valence-electron chi connectivity index (χ4n) is 1.59. The van der Waals surface area contributed by atoms with Gasteiger partial charge in [0.25, 0.3) is 10.0 Å². The standard InChI is InChI=1S/C11H9ClF3N3O2S/c1-18-6-16-10(9(18)12)21(19,20)17-8-5-3-2-4-7(8)11(13,14)15/h2-6,17H,1H3. The van der Waals surface area contributed by atoms with E-state index in [-0.39, 0.29) is 5.15 Å². The van der Waals surface area contributed by atoms with Crippen molar-refractivity contribution in [1.29, 1.82) is 0 Å². The van der Waals surface area contributed by atoms with E-state index in [1.165, 1.54) is 17.7 Å². The predicted octanol–water partition coefficient (Wildman–Crippen LogP) is 2.89. The molecule has 0 amide bonds. The number of aryl methyl sites for hydroxylation is 1. The number of hydrogen-bond acceptors (Lipinski definition) is 3. The molecule has 0 saturated carbocycles. The summed E-state index contributed by atoms with van der Waals surface area (Å²) >= 11 is 5.75. The largest absolute Gasteiger partial charge is 0.418 e. The number of rotatable bonds is 3. The number of benzene rings is 1. The van der Waals surface area contributed by atoms with Crippen molar-refractivity contribution < 1.29 is 21.6 Å². The zero-order valence-electron chi connectivity index (χ0n) is 10.5. The van der Waals surface area contributed by atoms with Crippen molar-refractivity contribution in [3.8, 4) is 0 Å². The Morgan fingerprint density at radius 2 is 1.90 bits per heavy atom. The number of hydrogen-bond donors (Lipinski definition) is 1.